The SMILES string of the molecule is Nc1nc2nc(-c3c(N)cccc3Cl)[nH]c2c(=O)[nH]1. The summed E-state index contributed by atoms with van der Waals surface area (Å²) in [4.78, 5) is 25.1. The van der Waals surface area contributed by atoms with Gasteiger partial charge in [-0.05, 0) is 12.1 Å². The molecule has 0 aliphatic heterocycles. The smallest absolute Gasteiger partial charge is 0.278 e. The van der Waals surface area contributed by atoms with Crippen LogP contribution >= 0.6 is 11.6 Å². The van der Waals surface area contributed by atoms with Crippen molar-refractivity contribution in [3.05, 3.63) is 33.6 Å². The summed E-state index contributed by atoms with van der Waals surface area (Å²) in [6.45, 7) is 0. The third kappa shape index (κ3) is 1.80. The summed E-state index contributed by atoms with van der Waals surface area (Å²) >= 11 is 6.09. The molecule has 7 nitrogen and oxygen atoms in total. The highest BCUT2D eigenvalue weighted by Crippen LogP contribution is 2.31. The number of hydrogen-bond donors (Lipinski definition) is 4. The van der Waals surface area contributed by atoms with E-state index in [1.807, 2.05) is 0 Å². The Bertz CT molecular complexity index is 817. The molecule has 3 aromatic rings. The summed E-state index contributed by atoms with van der Waals surface area (Å²) in [5, 5.41) is 0.434. The fourth-order valence-electron chi connectivity index (χ4n) is 1.83. The van der Waals surface area contributed by atoms with Crippen molar-refractivity contribution in [3.63, 3.8) is 0 Å². The predicted octanol–water partition coefficient (Wildman–Crippen LogP) is 1.13. The number of benzene rings is 1. The second-order valence-electron chi connectivity index (χ2n) is 3.94. The number of nitrogens with two attached hydrogens (primary N) is 2. The van der Waals surface area contributed by atoms with Crippen molar-refractivity contribution in [2.75, 3.05) is 11.5 Å². The van der Waals surface area contributed by atoms with Crippen LogP contribution in [0.1, 0.15) is 0 Å². The molecule has 0 radical (unpaired) electrons. The number of nitrogens with one attached hydrogen (secondary N) is 2. The van der Waals surface area contributed by atoms with Crippen LogP contribution in [0, 0.1) is 0 Å². The van der Waals surface area contributed by atoms with E-state index in [1.165, 1.54) is 0 Å². The fraction of sp³-hybridized carbons (Fsp3) is 0. The van der Waals surface area contributed by atoms with Gasteiger partial charge in [0.25, 0.3) is 5.56 Å². The standard InChI is InChI=1S/C11H9ClN6O/c12-4-2-1-3-5(13)6(4)8-15-7-9(16-8)17-11(14)18-10(7)19/h1-3H,13H2,(H4,14,15,16,17,18,19). The molecule has 19 heavy (non-hydrogen) atoms. The molecular weight excluding hydrogens is 268 g/mol. The molecule has 0 aliphatic rings. The molecule has 3 rings (SSSR count). The van der Waals surface area contributed by atoms with Crippen LogP contribution in [-0.4, -0.2) is 19.9 Å². The number of nitrogen functional groups attached to an aromatic ring is 2. The number of hydrogen-bond acceptors (Lipinski definition) is 5. The third-order valence-corrected chi connectivity index (χ3v) is 2.98. The van der Waals surface area contributed by atoms with Gasteiger partial charge in [0.05, 0.1) is 10.6 Å². The highest BCUT2D eigenvalue weighted by Gasteiger charge is 2.14. The molecule has 8 heteroatoms. The van der Waals surface area contributed by atoms with Crippen molar-refractivity contribution in [1.82, 2.24) is 19.9 Å². The average Bonchev–Trinajstić information content (AvgIpc) is 2.72. The predicted molar refractivity (Wildman–Crippen MR) is 73.8 cm³/mol. The van der Waals surface area contributed by atoms with Crippen molar-refractivity contribution >= 4 is 34.4 Å². The minimum Gasteiger partial charge on any atom is -0.398 e. The Hall–Kier alpha value is -2.54. The number of imidazole rings is 1. The highest BCUT2D eigenvalue weighted by atomic mass is 35.5. The van der Waals surface area contributed by atoms with Gasteiger partial charge in [0.15, 0.2) is 11.2 Å². The molecule has 0 spiro atoms. The Morgan fingerprint density at radius 3 is 2.68 bits per heavy atom. The molecule has 0 amide bonds. The second kappa shape index (κ2) is 3.99. The number of rotatable bonds is 1. The highest BCUT2D eigenvalue weighted by molar-refractivity contribution is 6.33. The molecule has 2 aromatic heterocycles. The van der Waals surface area contributed by atoms with Gasteiger partial charge in [-0.25, -0.2) is 4.98 Å². The summed E-state index contributed by atoms with van der Waals surface area (Å²) in [6, 6.07) is 5.11. The maximum absolute atomic E-state index is 11.7. The van der Waals surface area contributed by atoms with Crippen LogP contribution in [0.5, 0.6) is 0 Å². The topological polar surface area (TPSA) is 126 Å². The Labute approximate surface area is 111 Å². The quantitative estimate of drug-likeness (QED) is 0.496. The first-order valence-corrected chi connectivity index (χ1v) is 5.74. The fourth-order valence-corrected chi connectivity index (χ4v) is 2.10. The second-order valence-corrected chi connectivity index (χ2v) is 4.35. The summed E-state index contributed by atoms with van der Waals surface area (Å²) < 4.78 is 0. The van der Waals surface area contributed by atoms with Gasteiger partial charge in [-0.2, -0.15) is 4.98 Å². The van der Waals surface area contributed by atoms with Crippen LogP contribution < -0.4 is 17.0 Å². The van der Waals surface area contributed by atoms with Gasteiger partial charge < -0.3 is 16.5 Å². The molecule has 1 aromatic carbocycles. The lowest BCUT2D eigenvalue weighted by Gasteiger charge is -2.03. The van der Waals surface area contributed by atoms with E-state index in [-0.39, 0.29) is 17.1 Å². The van der Waals surface area contributed by atoms with Crippen molar-refractivity contribution < 1.29 is 0 Å². The first kappa shape index (κ1) is 11.5. The van der Waals surface area contributed by atoms with E-state index in [2.05, 4.69) is 19.9 Å². The zero-order valence-corrected chi connectivity index (χ0v) is 10.3. The number of H-pyrrole nitrogens is 2. The Morgan fingerprint density at radius 1 is 1.16 bits per heavy atom. The van der Waals surface area contributed by atoms with Crippen LogP contribution in [0.2, 0.25) is 5.02 Å². The van der Waals surface area contributed by atoms with Gasteiger partial charge >= 0.3 is 0 Å². The van der Waals surface area contributed by atoms with E-state index in [4.69, 9.17) is 23.1 Å². The van der Waals surface area contributed by atoms with Crippen LogP contribution in [0.15, 0.2) is 23.0 Å². The Balaban J connectivity index is 2.33. The summed E-state index contributed by atoms with van der Waals surface area (Å²) in [6.07, 6.45) is 0. The molecule has 0 saturated carbocycles. The molecule has 0 unspecified atom stereocenters. The van der Waals surface area contributed by atoms with Gasteiger partial charge in [0.1, 0.15) is 5.82 Å². The van der Waals surface area contributed by atoms with Crippen molar-refractivity contribution in [1.29, 1.82) is 0 Å². The zero-order valence-electron chi connectivity index (χ0n) is 9.57. The van der Waals surface area contributed by atoms with E-state index in [1.54, 1.807) is 18.2 Å². The Kier molecular flexibility index (Phi) is 2.42. The van der Waals surface area contributed by atoms with E-state index in [9.17, 15) is 4.79 Å². The lowest BCUT2D eigenvalue weighted by Crippen LogP contribution is -2.10. The molecule has 96 valence electrons. The molecule has 0 saturated heterocycles. The van der Waals surface area contributed by atoms with Crippen LogP contribution in [0.25, 0.3) is 22.6 Å². The maximum Gasteiger partial charge on any atom is 0.278 e. The molecule has 2 heterocycles. The summed E-state index contributed by atoms with van der Waals surface area (Å²) in [5.74, 6) is 0.379. The third-order valence-electron chi connectivity index (χ3n) is 2.66. The van der Waals surface area contributed by atoms with Crippen LogP contribution in [0.3, 0.4) is 0 Å². The first-order chi connectivity index (χ1) is 9.06. The minimum absolute atomic E-state index is 0.00248. The normalized spacial score (nSPS) is 11.0. The number of nitrogens with zero attached hydrogens (tertiary/aromatic N) is 2. The van der Waals surface area contributed by atoms with Crippen LogP contribution in [-0.2, 0) is 0 Å². The van der Waals surface area contributed by atoms with Gasteiger partial charge in [-0.3, -0.25) is 9.78 Å². The van der Waals surface area contributed by atoms with Gasteiger partial charge in [0, 0.05) is 5.69 Å². The van der Waals surface area contributed by atoms with E-state index >= 15 is 0 Å². The molecular formula is C11H9ClN6O. The number of halogens is 1. The molecule has 0 fully saturated rings. The van der Waals surface area contributed by atoms with Gasteiger partial charge in [0.2, 0.25) is 5.95 Å². The van der Waals surface area contributed by atoms with Gasteiger partial charge in [-0.1, -0.05) is 17.7 Å². The number of fused-ring (bicyclic) bond motifs is 1. The lowest BCUT2D eigenvalue weighted by atomic mass is 10.2. The molecule has 0 atom stereocenters. The Morgan fingerprint density at radius 2 is 1.95 bits per heavy atom. The molecule has 6 N–H and O–H groups in total. The minimum atomic E-state index is -0.396. The number of aromatic nitrogens is 4. The van der Waals surface area contributed by atoms with E-state index in [0.29, 0.717) is 22.1 Å². The van der Waals surface area contributed by atoms with Crippen molar-refractivity contribution in [2.24, 2.45) is 0 Å². The van der Waals surface area contributed by atoms with Gasteiger partial charge in [-0.15, -0.1) is 0 Å². The van der Waals surface area contributed by atoms with E-state index in [0.717, 1.165) is 0 Å². The lowest BCUT2D eigenvalue weighted by molar-refractivity contribution is 1.17. The van der Waals surface area contributed by atoms with Crippen LogP contribution in [0.4, 0.5) is 11.6 Å². The number of aromatic amines is 2. The molecule has 0 aliphatic carbocycles. The largest absolute Gasteiger partial charge is 0.398 e. The number of anilines is 2. The zero-order chi connectivity index (χ0) is 13.6. The average molecular weight is 277 g/mol. The summed E-state index contributed by atoms with van der Waals surface area (Å²) in [5.41, 5.74) is 12.4. The first-order valence-electron chi connectivity index (χ1n) is 5.36. The van der Waals surface area contributed by atoms with Crippen molar-refractivity contribution in [3.8, 4) is 11.4 Å². The van der Waals surface area contributed by atoms with Crippen molar-refractivity contribution in [2.45, 2.75) is 0 Å². The molecule has 0 bridgehead atoms. The monoisotopic (exact) mass is 276 g/mol. The summed E-state index contributed by atoms with van der Waals surface area (Å²) in [7, 11) is 0. The van der Waals surface area contributed by atoms with E-state index < -0.39 is 5.56 Å². The maximum atomic E-state index is 11.7.